The van der Waals surface area contributed by atoms with E-state index in [-0.39, 0.29) is 5.91 Å². The molecule has 0 fully saturated rings. The van der Waals surface area contributed by atoms with Gasteiger partial charge in [-0.25, -0.2) is 0 Å². The predicted molar refractivity (Wildman–Crippen MR) is 93.3 cm³/mol. The monoisotopic (exact) mass is 300 g/mol. The number of carbonyl (C=O) groups excluding carboxylic acids is 1. The Morgan fingerprint density at radius 2 is 1.82 bits per heavy atom. The van der Waals surface area contributed by atoms with E-state index in [1.807, 2.05) is 6.07 Å². The number of hydrogen-bond donors (Lipinski definition) is 2. The first-order chi connectivity index (χ1) is 10.6. The molecule has 0 bridgehead atoms. The van der Waals surface area contributed by atoms with Crippen LogP contribution in [0, 0.1) is 6.92 Å². The van der Waals surface area contributed by atoms with Crippen LogP contribution >= 0.6 is 0 Å². The lowest BCUT2D eigenvalue weighted by molar-refractivity contribution is 0.0927. The minimum Gasteiger partial charge on any atom is -0.351 e. The largest absolute Gasteiger partial charge is 0.351 e. The molecule has 1 aromatic carbocycles. The Bertz CT molecular complexity index is 607. The summed E-state index contributed by atoms with van der Waals surface area (Å²) < 4.78 is 0. The lowest BCUT2D eigenvalue weighted by atomic mass is 10.0. The maximum atomic E-state index is 12.5. The fraction of sp³-hybridized carbons (Fsp3) is 0.526. The molecule has 1 aromatic heterocycles. The van der Waals surface area contributed by atoms with E-state index in [2.05, 4.69) is 49.3 Å². The van der Waals surface area contributed by atoms with Crippen LogP contribution in [0.15, 0.2) is 24.3 Å². The number of aromatic amines is 1. The summed E-state index contributed by atoms with van der Waals surface area (Å²) in [5.41, 5.74) is 2.90. The van der Waals surface area contributed by atoms with Gasteiger partial charge in [0.2, 0.25) is 0 Å². The minimum atomic E-state index is 0.0195. The standard InChI is InChI=1S/C19H28N2O/c1-4-6-8-16(9-7-5-2)20-19(22)18-13-15-11-10-14(3)12-17(15)21-18/h10-13,16,21H,4-9H2,1-3H3,(H,20,22). The molecule has 2 N–H and O–H groups in total. The van der Waals surface area contributed by atoms with Gasteiger partial charge < -0.3 is 10.3 Å². The van der Waals surface area contributed by atoms with Gasteiger partial charge in [-0.05, 0) is 37.5 Å². The van der Waals surface area contributed by atoms with E-state index in [9.17, 15) is 4.79 Å². The zero-order valence-electron chi connectivity index (χ0n) is 14.0. The Hall–Kier alpha value is -1.77. The first-order valence-corrected chi connectivity index (χ1v) is 8.54. The number of rotatable bonds is 8. The van der Waals surface area contributed by atoms with Crippen LogP contribution in [0.4, 0.5) is 0 Å². The predicted octanol–water partition coefficient (Wildman–Crippen LogP) is 4.96. The van der Waals surface area contributed by atoms with Crippen molar-refractivity contribution in [1.29, 1.82) is 0 Å². The van der Waals surface area contributed by atoms with Crippen LogP contribution in [0.25, 0.3) is 10.9 Å². The van der Waals surface area contributed by atoms with Crippen LogP contribution in [0.1, 0.15) is 68.4 Å². The van der Waals surface area contributed by atoms with E-state index in [0.717, 1.165) is 23.7 Å². The smallest absolute Gasteiger partial charge is 0.267 e. The van der Waals surface area contributed by atoms with Crippen molar-refractivity contribution in [3.8, 4) is 0 Å². The van der Waals surface area contributed by atoms with Crippen molar-refractivity contribution in [2.45, 2.75) is 65.3 Å². The van der Waals surface area contributed by atoms with Gasteiger partial charge in [-0.3, -0.25) is 4.79 Å². The maximum Gasteiger partial charge on any atom is 0.267 e. The van der Waals surface area contributed by atoms with Gasteiger partial charge in [0.25, 0.3) is 5.91 Å². The number of aryl methyl sites for hydroxylation is 1. The van der Waals surface area contributed by atoms with Crippen molar-refractivity contribution >= 4 is 16.8 Å². The van der Waals surface area contributed by atoms with Gasteiger partial charge in [-0.1, -0.05) is 51.7 Å². The second-order valence-corrected chi connectivity index (χ2v) is 6.23. The van der Waals surface area contributed by atoms with Crippen molar-refractivity contribution < 1.29 is 4.79 Å². The van der Waals surface area contributed by atoms with Crippen molar-refractivity contribution in [2.24, 2.45) is 0 Å². The van der Waals surface area contributed by atoms with Crippen molar-refractivity contribution in [3.05, 3.63) is 35.5 Å². The molecule has 3 heteroatoms. The lowest BCUT2D eigenvalue weighted by Gasteiger charge is -2.17. The number of fused-ring (bicyclic) bond motifs is 1. The molecule has 2 rings (SSSR count). The number of aromatic nitrogens is 1. The van der Waals surface area contributed by atoms with Crippen LogP contribution < -0.4 is 5.32 Å². The fourth-order valence-corrected chi connectivity index (χ4v) is 2.82. The Morgan fingerprint density at radius 1 is 1.14 bits per heavy atom. The van der Waals surface area contributed by atoms with E-state index in [1.54, 1.807) is 0 Å². The SMILES string of the molecule is CCCCC(CCCC)NC(=O)c1cc2ccc(C)cc2[nH]1. The van der Waals surface area contributed by atoms with Gasteiger partial charge in [-0.2, -0.15) is 0 Å². The van der Waals surface area contributed by atoms with Crippen LogP contribution in [0.5, 0.6) is 0 Å². The van der Waals surface area contributed by atoms with Gasteiger partial charge in [0.1, 0.15) is 5.69 Å². The first kappa shape index (κ1) is 16.6. The quantitative estimate of drug-likeness (QED) is 0.711. The topological polar surface area (TPSA) is 44.9 Å². The highest BCUT2D eigenvalue weighted by molar-refractivity contribution is 5.98. The highest BCUT2D eigenvalue weighted by Crippen LogP contribution is 2.17. The Morgan fingerprint density at radius 3 is 2.45 bits per heavy atom. The summed E-state index contributed by atoms with van der Waals surface area (Å²) in [6, 6.07) is 8.45. The molecule has 0 spiro atoms. The van der Waals surface area contributed by atoms with E-state index < -0.39 is 0 Å². The normalized spacial score (nSPS) is 11.3. The average molecular weight is 300 g/mol. The number of nitrogens with one attached hydrogen (secondary N) is 2. The van der Waals surface area contributed by atoms with Gasteiger partial charge in [0.05, 0.1) is 0 Å². The molecular formula is C19H28N2O. The molecular weight excluding hydrogens is 272 g/mol. The van der Waals surface area contributed by atoms with Crippen LogP contribution in [0.2, 0.25) is 0 Å². The summed E-state index contributed by atoms with van der Waals surface area (Å²) in [5.74, 6) is 0.0195. The molecule has 120 valence electrons. The number of H-pyrrole nitrogens is 1. The summed E-state index contributed by atoms with van der Waals surface area (Å²) >= 11 is 0. The zero-order valence-corrected chi connectivity index (χ0v) is 14.0. The molecule has 3 nitrogen and oxygen atoms in total. The third-order valence-corrected chi connectivity index (χ3v) is 4.17. The molecule has 1 amide bonds. The average Bonchev–Trinajstić information content (AvgIpc) is 2.93. The molecule has 2 aromatic rings. The highest BCUT2D eigenvalue weighted by atomic mass is 16.1. The molecule has 0 saturated carbocycles. The zero-order chi connectivity index (χ0) is 15.9. The molecule has 0 aliphatic rings. The number of unbranched alkanes of at least 4 members (excludes halogenated alkanes) is 2. The molecule has 0 aliphatic heterocycles. The number of benzene rings is 1. The number of amides is 1. The van der Waals surface area contributed by atoms with Crippen LogP contribution in [-0.4, -0.2) is 16.9 Å². The first-order valence-electron chi connectivity index (χ1n) is 8.54. The number of carbonyl (C=O) groups is 1. The Labute approximate surface area is 133 Å². The molecule has 0 radical (unpaired) electrons. The maximum absolute atomic E-state index is 12.5. The number of hydrogen-bond acceptors (Lipinski definition) is 1. The van der Waals surface area contributed by atoms with Gasteiger partial charge >= 0.3 is 0 Å². The third-order valence-electron chi connectivity index (χ3n) is 4.17. The van der Waals surface area contributed by atoms with E-state index in [1.165, 1.54) is 31.2 Å². The summed E-state index contributed by atoms with van der Waals surface area (Å²) in [6.07, 6.45) is 6.82. The molecule has 0 atom stereocenters. The van der Waals surface area contributed by atoms with Crippen LogP contribution in [0.3, 0.4) is 0 Å². The van der Waals surface area contributed by atoms with Gasteiger partial charge in [0, 0.05) is 16.9 Å². The molecule has 0 unspecified atom stereocenters. The summed E-state index contributed by atoms with van der Waals surface area (Å²) in [4.78, 5) is 15.7. The van der Waals surface area contributed by atoms with E-state index in [4.69, 9.17) is 0 Å². The van der Waals surface area contributed by atoms with Crippen molar-refractivity contribution in [2.75, 3.05) is 0 Å². The Kier molecular flexibility index (Phi) is 6.05. The minimum absolute atomic E-state index is 0.0195. The Balaban J connectivity index is 2.06. The van der Waals surface area contributed by atoms with Crippen LogP contribution in [-0.2, 0) is 0 Å². The van der Waals surface area contributed by atoms with E-state index >= 15 is 0 Å². The molecule has 0 aliphatic carbocycles. The second kappa shape index (κ2) is 8.02. The molecule has 22 heavy (non-hydrogen) atoms. The summed E-state index contributed by atoms with van der Waals surface area (Å²) in [6.45, 7) is 6.45. The molecule has 0 saturated heterocycles. The van der Waals surface area contributed by atoms with Crippen molar-refractivity contribution in [3.63, 3.8) is 0 Å². The van der Waals surface area contributed by atoms with E-state index in [0.29, 0.717) is 11.7 Å². The summed E-state index contributed by atoms with van der Waals surface area (Å²) in [5, 5.41) is 4.30. The van der Waals surface area contributed by atoms with Gasteiger partial charge in [-0.15, -0.1) is 0 Å². The third kappa shape index (κ3) is 4.36. The van der Waals surface area contributed by atoms with Gasteiger partial charge in [0.15, 0.2) is 0 Å². The fourth-order valence-electron chi connectivity index (χ4n) is 2.82. The second-order valence-electron chi connectivity index (χ2n) is 6.23. The lowest BCUT2D eigenvalue weighted by Crippen LogP contribution is -2.35. The van der Waals surface area contributed by atoms with Crippen molar-refractivity contribution in [1.82, 2.24) is 10.3 Å². The molecule has 1 heterocycles. The highest BCUT2D eigenvalue weighted by Gasteiger charge is 2.15. The summed E-state index contributed by atoms with van der Waals surface area (Å²) in [7, 11) is 0.